The average Bonchev–Trinajstić information content (AvgIpc) is 3.15. The number of amides is 1. The molecule has 0 aliphatic carbocycles. The van der Waals surface area contributed by atoms with E-state index in [1.54, 1.807) is 34.1 Å². The summed E-state index contributed by atoms with van der Waals surface area (Å²) in [7, 11) is 0. The number of halogens is 1. The second-order valence-corrected chi connectivity index (χ2v) is 5.57. The number of carbonyl (C=O) groups excluding carboxylic acids is 1. The fraction of sp³-hybridized carbons (Fsp3) is 0.333. The number of carbonyl (C=O) groups is 1. The molecule has 0 saturated carbocycles. The fourth-order valence-corrected chi connectivity index (χ4v) is 2.84. The van der Waals surface area contributed by atoms with Gasteiger partial charge in [-0.05, 0) is 31.0 Å². The number of hydrogen-bond acceptors (Lipinski definition) is 3. The summed E-state index contributed by atoms with van der Waals surface area (Å²) >= 11 is 5.96. The van der Waals surface area contributed by atoms with Crippen LogP contribution in [0.4, 0.5) is 0 Å². The maximum absolute atomic E-state index is 12.5. The average molecular weight is 306 g/mol. The molecule has 2 heterocycles. The van der Waals surface area contributed by atoms with Crippen molar-refractivity contribution in [1.82, 2.24) is 14.7 Å². The van der Waals surface area contributed by atoms with Crippen molar-refractivity contribution in [2.45, 2.75) is 18.9 Å². The van der Waals surface area contributed by atoms with Crippen LogP contribution >= 0.6 is 11.6 Å². The predicted octanol–water partition coefficient (Wildman–Crippen LogP) is 2.12. The first-order valence-electron chi connectivity index (χ1n) is 6.91. The highest BCUT2D eigenvalue weighted by molar-refractivity contribution is 6.30. The molecule has 21 heavy (non-hydrogen) atoms. The van der Waals surface area contributed by atoms with Gasteiger partial charge in [0.05, 0.1) is 30.1 Å². The van der Waals surface area contributed by atoms with Crippen molar-refractivity contribution in [3.05, 3.63) is 47.2 Å². The minimum Gasteiger partial charge on any atom is -0.394 e. The predicted molar refractivity (Wildman–Crippen MR) is 79.7 cm³/mol. The molecular formula is C15H16ClN3O2. The lowest BCUT2D eigenvalue weighted by Gasteiger charge is -2.22. The highest BCUT2D eigenvalue weighted by Crippen LogP contribution is 2.20. The molecule has 2 aromatic rings. The summed E-state index contributed by atoms with van der Waals surface area (Å²) in [6.07, 6.45) is 5.03. The molecule has 1 aliphatic heterocycles. The maximum atomic E-state index is 12.5. The van der Waals surface area contributed by atoms with Crippen LogP contribution in [-0.4, -0.2) is 44.9 Å². The smallest absolute Gasteiger partial charge is 0.257 e. The van der Waals surface area contributed by atoms with Gasteiger partial charge < -0.3 is 10.0 Å². The maximum Gasteiger partial charge on any atom is 0.257 e. The Bertz CT molecular complexity index is 656. The van der Waals surface area contributed by atoms with Crippen molar-refractivity contribution in [3.63, 3.8) is 0 Å². The molecule has 1 fully saturated rings. The van der Waals surface area contributed by atoms with Gasteiger partial charge in [-0.3, -0.25) is 4.79 Å². The Morgan fingerprint density at radius 2 is 2.33 bits per heavy atom. The molecule has 1 N–H and O–H groups in total. The van der Waals surface area contributed by atoms with Gasteiger partial charge in [0.25, 0.3) is 5.91 Å². The normalized spacial score (nSPS) is 18.2. The minimum absolute atomic E-state index is 0.00811. The third kappa shape index (κ3) is 2.80. The minimum atomic E-state index is -0.0835. The van der Waals surface area contributed by atoms with Gasteiger partial charge in [0, 0.05) is 17.8 Å². The molecule has 3 rings (SSSR count). The van der Waals surface area contributed by atoms with Crippen LogP contribution in [0.3, 0.4) is 0 Å². The molecule has 5 nitrogen and oxygen atoms in total. The van der Waals surface area contributed by atoms with Crippen molar-refractivity contribution in [1.29, 1.82) is 0 Å². The molecular weight excluding hydrogens is 290 g/mol. The summed E-state index contributed by atoms with van der Waals surface area (Å²) in [5.41, 5.74) is 1.33. The Morgan fingerprint density at radius 1 is 1.48 bits per heavy atom. The standard InChI is InChI=1S/C15H16ClN3O2/c16-12-3-1-4-13(7-12)19-9-11(8-17-19)15(21)18-6-2-5-14(18)10-20/h1,3-4,7-9,14,20H,2,5-6,10H2/t14-/m1/s1. The lowest BCUT2D eigenvalue weighted by molar-refractivity contribution is 0.0677. The van der Waals surface area contributed by atoms with Crippen molar-refractivity contribution in [3.8, 4) is 5.69 Å². The summed E-state index contributed by atoms with van der Waals surface area (Å²) in [5.74, 6) is -0.0835. The van der Waals surface area contributed by atoms with Gasteiger partial charge in [0.1, 0.15) is 0 Å². The highest BCUT2D eigenvalue weighted by Gasteiger charge is 2.29. The first-order valence-corrected chi connectivity index (χ1v) is 7.29. The van der Waals surface area contributed by atoms with Crippen LogP contribution in [0.1, 0.15) is 23.2 Å². The van der Waals surface area contributed by atoms with Gasteiger partial charge in [-0.15, -0.1) is 0 Å². The molecule has 1 atom stereocenters. The molecule has 1 amide bonds. The Hall–Kier alpha value is -1.85. The van der Waals surface area contributed by atoms with Crippen LogP contribution in [0, 0.1) is 0 Å². The van der Waals surface area contributed by atoms with E-state index in [-0.39, 0.29) is 18.6 Å². The first kappa shape index (κ1) is 14.1. The molecule has 1 saturated heterocycles. The Kier molecular flexibility index (Phi) is 3.94. The third-order valence-electron chi connectivity index (χ3n) is 3.75. The van der Waals surface area contributed by atoms with E-state index in [1.807, 2.05) is 12.1 Å². The van der Waals surface area contributed by atoms with E-state index in [4.69, 9.17) is 11.6 Å². The van der Waals surface area contributed by atoms with Crippen LogP contribution in [0.2, 0.25) is 5.02 Å². The molecule has 1 aliphatic rings. The number of rotatable bonds is 3. The van der Waals surface area contributed by atoms with Gasteiger partial charge >= 0.3 is 0 Å². The van der Waals surface area contributed by atoms with E-state index < -0.39 is 0 Å². The zero-order valence-electron chi connectivity index (χ0n) is 11.4. The van der Waals surface area contributed by atoms with Crippen molar-refractivity contribution in [2.24, 2.45) is 0 Å². The van der Waals surface area contributed by atoms with E-state index in [9.17, 15) is 9.90 Å². The second kappa shape index (κ2) is 5.87. The van der Waals surface area contributed by atoms with Crippen molar-refractivity contribution >= 4 is 17.5 Å². The molecule has 0 spiro atoms. The number of aliphatic hydroxyl groups is 1. The van der Waals surface area contributed by atoms with Crippen LogP contribution in [0.25, 0.3) is 5.69 Å². The Labute approximate surface area is 127 Å². The molecule has 0 unspecified atom stereocenters. The quantitative estimate of drug-likeness (QED) is 0.945. The van der Waals surface area contributed by atoms with Gasteiger partial charge in [-0.1, -0.05) is 17.7 Å². The summed E-state index contributed by atoms with van der Waals surface area (Å²) in [6.45, 7) is 0.695. The van der Waals surface area contributed by atoms with Crippen molar-refractivity contribution in [2.75, 3.05) is 13.2 Å². The molecule has 1 aromatic heterocycles. The lowest BCUT2D eigenvalue weighted by Crippen LogP contribution is -2.37. The summed E-state index contributed by atoms with van der Waals surface area (Å²) in [5, 5.41) is 14.2. The summed E-state index contributed by atoms with van der Waals surface area (Å²) in [6, 6.07) is 7.21. The van der Waals surface area contributed by atoms with E-state index in [1.165, 1.54) is 0 Å². The zero-order chi connectivity index (χ0) is 14.8. The number of aliphatic hydroxyl groups excluding tert-OH is 1. The second-order valence-electron chi connectivity index (χ2n) is 5.13. The van der Waals surface area contributed by atoms with Gasteiger partial charge in [-0.25, -0.2) is 4.68 Å². The molecule has 0 bridgehead atoms. The number of benzene rings is 1. The van der Waals surface area contributed by atoms with Crippen LogP contribution in [0.15, 0.2) is 36.7 Å². The SMILES string of the molecule is O=C(c1cnn(-c2cccc(Cl)c2)c1)N1CCC[C@@H]1CO. The number of likely N-dealkylation sites (tertiary alicyclic amines) is 1. The number of hydrogen-bond donors (Lipinski definition) is 1. The highest BCUT2D eigenvalue weighted by atomic mass is 35.5. The molecule has 110 valence electrons. The van der Waals surface area contributed by atoms with Crippen LogP contribution < -0.4 is 0 Å². The monoisotopic (exact) mass is 305 g/mol. The first-order chi connectivity index (χ1) is 10.2. The Morgan fingerprint density at radius 3 is 3.10 bits per heavy atom. The van der Waals surface area contributed by atoms with E-state index in [0.717, 1.165) is 18.5 Å². The van der Waals surface area contributed by atoms with Gasteiger partial charge in [0.15, 0.2) is 0 Å². The third-order valence-corrected chi connectivity index (χ3v) is 3.99. The van der Waals surface area contributed by atoms with Gasteiger partial charge in [-0.2, -0.15) is 5.10 Å². The summed E-state index contributed by atoms with van der Waals surface area (Å²) < 4.78 is 1.63. The van der Waals surface area contributed by atoms with Crippen LogP contribution in [-0.2, 0) is 0 Å². The van der Waals surface area contributed by atoms with E-state index in [0.29, 0.717) is 17.1 Å². The lowest BCUT2D eigenvalue weighted by atomic mass is 10.2. The Balaban J connectivity index is 1.83. The number of aromatic nitrogens is 2. The number of nitrogens with zero attached hydrogens (tertiary/aromatic N) is 3. The van der Waals surface area contributed by atoms with E-state index in [2.05, 4.69) is 5.10 Å². The largest absolute Gasteiger partial charge is 0.394 e. The summed E-state index contributed by atoms with van der Waals surface area (Å²) in [4.78, 5) is 14.2. The topological polar surface area (TPSA) is 58.4 Å². The molecule has 6 heteroatoms. The van der Waals surface area contributed by atoms with Crippen molar-refractivity contribution < 1.29 is 9.90 Å². The molecule has 1 aromatic carbocycles. The van der Waals surface area contributed by atoms with E-state index >= 15 is 0 Å². The fourth-order valence-electron chi connectivity index (χ4n) is 2.65. The van der Waals surface area contributed by atoms with Crippen LogP contribution in [0.5, 0.6) is 0 Å². The molecule has 0 radical (unpaired) electrons. The zero-order valence-corrected chi connectivity index (χ0v) is 12.2. The van der Waals surface area contributed by atoms with Gasteiger partial charge in [0.2, 0.25) is 0 Å².